The molecule has 1 fully saturated rings. The van der Waals surface area contributed by atoms with Gasteiger partial charge in [-0.3, -0.25) is 4.79 Å². The summed E-state index contributed by atoms with van der Waals surface area (Å²) in [6.45, 7) is 1.26. The van der Waals surface area contributed by atoms with E-state index in [-0.39, 0.29) is 23.7 Å². The minimum absolute atomic E-state index is 0.000680. The van der Waals surface area contributed by atoms with Crippen LogP contribution >= 0.6 is 11.6 Å². The van der Waals surface area contributed by atoms with Gasteiger partial charge < -0.3 is 9.80 Å². The third kappa shape index (κ3) is 4.54. The second kappa shape index (κ2) is 8.07. The Kier molecular flexibility index (Phi) is 5.75. The summed E-state index contributed by atoms with van der Waals surface area (Å²) in [5, 5.41) is 9.75. The largest absolute Gasteiger partial charge is 0.433 e. The number of piperazine rings is 1. The van der Waals surface area contributed by atoms with Crippen LogP contribution in [-0.4, -0.2) is 42.0 Å². The Labute approximate surface area is 164 Å². The van der Waals surface area contributed by atoms with Crippen LogP contribution in [0.4, 0.5) is 19.0 Å². The molecule has 1 aromatic heterocycles. The van der Waals surface area contributed by atoms with E-state index < -0.39 is 11.9 Å². The van der Waals surface area contributed by atoms with Crippen molar-refractivity contribution in [2.24, 2.45) is 0 Å². The molecule has 1 aliphatic rings. The molecule has 3 rings (SSSR count). The lowest BCUT2D eigenvalue weighted by molar-refractivity contribution is -0.141. The van der Waals surface area contributed by atoms with Gasteiger partial charge in [-0.15, -0.1) is 0 Å². The van der Waals surface area contributed by atoms with E-state index >= 15 is 0 Å². The molecule has 9 heteroatoms. The molecule has 1 saturated heterocycles. The molecule has 0 aliphatic carbocycles. The normalized spacial score (nSPS) is 14.7. The number of amides is 1. The summed E-state index contributed by atoms with van der Waals surface area (Å²) in [6, 6.07) is 10.8. The highest BCUT2D eigenvalue weighted by Gasteiger charge is 2.34. The number of carbonyl (C=O) groups is 1. The van der Waals surface area contributed by atoms with Crippen LogP contribution in [0.2, 0.25) is 5.02 Å². The molecule has 0 bridgehead atoms. The maximum Gasteiger partial charge on any atom is 0.433 e. The van der Waals surface area contributed by atoms with Gasteiger partial charge in [0.05, 0.1) is 12.0 Å². The van der Waals surface area contributed by atoms with Crippen LogP contribution in [0.1, 0.15) is 16.8 Å². The van der Waals surface area contributed by atoms with Gasteiger partial charge in [-0.2, -0.15) is 18.4 Å². The summed E-state index contributed by atoms with van der Waals surface area (Å²) in [4.78, 5) is 19.4. The molecule has 0 radical (unpaired) electrons. The highest BCUT2D eigenvalue weighted by atomic mass is 35.5. The number of pyridine rings is 1. The summed E-state index contributed by atoms with van der Waals surface area (Å²) in [5.74, 6) is -0.0845. The van der Waals surface area contributed by atoms with Gasteiger partial charge in [-0.1, -0.05) is 23.7 Å². The number of hydrogen-bond donors (Lipinski definition) is 0. The predicted molar refractivity (Wildman–Crippen MR) is 97.9 cm³/mol. The van der Waals surface area contributed by atoms with Crippen LogP contribution in [0.3, 0.4) is 0 Å². The van der Waals surface area contributed by atoms with Crippen LogP contribution in [0.5, 0.6) is 0 Å². The molecule has 1 amide bonds. The van der Waals surface area contributed by atoms with Crippen molar-refractivity contribution >= 4 is 23.3 Å². The maximum atomic E-state index is 12.9. The Bertz CT molecular complexity index is 918. The Balaban J connectivity index is 1.68. The number of hydrogen-bond acceptors (Lipinski definition) is 4. The fourth-order valence-electron chi connectivity index (χ4n) is 3.04. The molecule has 2 heterocycles. The topological polar surface area (TPSA) is 60.2 Å². The van der Waals surface area contributed by atoms with Crippen molar-refractivity contribution in [3.8, 4) is 6.07 Å². The number of rotatable bonds is 3. The number of halogens is 4. The number of nitriles is 1. The fraction of sp³-hybridized carbons (Fsp3) is 0.316. The quantitative estimate of drug-likeness (QED) is 0.779. The lowest BCUT2D eigenvalue weighted by Gasteiger charge is -2.36. The second-order valence-electron chi connectivity index (χ2n) is 6.35. The van der Waals surface area contributed by atoms with Gasteiger partial charge in [0.15, 0.2) is 0 Å². The summed E-state index contributed by atoms with van der Waals surface area (Å²) in [7, 11) is 0. The van der Waals surface area contributed by atoms with Crippen LogP contribution in [-0.2, 0) is 17.4 Å². The molecule has 1 aromatic carbocycles. The molecular formula is C19H16ClF3N4O. The minimum Gasteiger partial charge on any atom is -0.352 e. The number of carbonyl (C=O) groups excluding carboxylic acids is 1. The number of alkyl halides is 3. The maximum absolute atomic E-state index is 12.9. The summed E-state index contributed by atoms with van der Waals surface area (Å²) < 4.78 is 38.8. The molecule has 0 N–H and O–H groups in total. The number of aromatic nitrogens is 1. The van der Waals surface area contributed by atoms with Gasteiger partial charge in [0, 0.05) is 31.2 Å². The molecule has 0 spiro atoms. The highest BCUT2D eigenvalue weighted by Crippen LogP contribution is 2.30. The van der Waals surface area contributed by atoms with E-state index in [1.807, 2.05) is 12.1 Å². The van der Waals surface area contributed by atoms with Crippen LogP contribution in [0, 0.1) is 11.3 Å². The Hall–Kier alpha value is -2.79. The first-order valence-electron chi connectivity index (χ1n) is 8.53. The van der Waals surface area contributed by atoms with Crippen LogP contribution in [0.25, 0.3) is 0 Å². The van der Waals surface area contributed by atoms with Crippen molar-refractivity contribution < 1.29 is 18.0 Å². The fourth-order valence-corrected chi connectivity index (χ4v) is 3.25. The molecule has 0 saturated carbocycles. The summed E-state index contributed by atoms with van der Waals surface area (Å²) in [5.41, 5.74) is -0.168. The molecule has 2 aromatic rings. The molecule has 5 nitrogen and oxygen atoms in total. The standard InChI is InChI=1S/C19H16ClF3N4O/c20-15-3-1-2-13(10-15)11-17(28)26-6-8-27(9-7-26)18-14(12-24)4-5-16(25-18)19(21,22)23/h1-5,10H,6-9,11H2. The van der Waals surface area contributed by atoms with Gasteiger partial charge in [0.1, 0.15) is 17.6 Å². The monoisotopic (exact) mass is 408 g/mol. The lowest BCUT2D eigenvalue weighted by atomic mass is 10.1. The van der Waals surface area contributed by atoms with Gasteiger partial charge in [-0.25, -0.2) is 4.98 Å². The molecule has 146 valence electrons. The zero-order valence-electron chi connectivity index (χ0n) is 14.7. The van der Waals surface area contributed by atoms with Crippen molar-refractivity contribution in [1.29, 1.82) is 5.26 Å². The SMILES string of the molecule is N#Cc1ccc(C(F)(F)F)nc1N1CCN(C(=O)Cc2cccc(Cl)c2)CC1. The van der Waals surface area contributed by atoms with Gasteiger partial charge in [0.2, 0.25) is 5.91 Å². The Morgan fingerprint density at radius 1 is 1.18 bits per heavy atom. The molecule has 28 heavy (non-hydrogen) atoms. The van der Waals surface area contributed by atoms with E-state index in [9.17, 15) is 23.2 Å². The van der Waals surface area contributed by atoms with E-state index in [2.05, 4.69) is 4.98 Å². The van der Waals surface area contributed by atoms with Crippen molar-refractivity contribution in [3.63, 3.8) is 0 Å². The van der Waals surface area contributed by atoms with Crippen LogP contribution in [0.15, 0.2) is 36.4 Å². The molecule has 0 atom stereocenters. The zero-order valence-corrected chi connectivity index (χ0v) is 15.5. The molecular weight excluding hydrogens is 393 g/mol. The van der Waals surface area contributed by atoms with Crippen LogP contribution < -0.4 is 4.90 Å². The number of nitrogens with zero attached hydrogens (tertiary/aromatic N) is 4. The van der Waals surface area contributed by atoms with Crippen molar-refractivity contribution in [3.05, 3.63) is 58.2 Å². The third-order valence-corrected chi connectivity index (χ3v) is 4.70. The first kappa shape index (κ1) is 20.0. The summed E-state index contributed by atoms with van der Waals surface area (Å²) >= 11 is 5.93. The first-order chi connectivity index (χ1) is 13.3. The average molecular weight is 409 g/mol. The van der Waals surface area contributed by atoms with Crippen molar-refractivity contribution in [2.45, 2.75) is 12.6 Å². The predicted octanol–water partition coefficient (Wildman–Crippen LogP) is 3.52. The van der Waals surface area contributed by atoms with Gasteiger partial charge >= 0.3 is 6.18 Å². The van der Waals surface area contributed by atoms with Crippen molar-refractivity contribution in [1.82, 2.24) is 9.88 Å². The molecule has 0 unspecified atom stereocenters. The van der Waals surface area contributed by atoms with Crippen molar-refractivity contribution in [2.75, 3.05) is 31.1 Å². The van der Waals surface area contributed by atoms with Gasteiger partial charge in [0.25, 0.3) is 0 Å². The zero-order chi connectivity index (χ0) is 20.3. The minimum atomic E-state index is -4.59. The van der Waals surface area contributed by atoms with E-state index in [4.69, 9.17) is 11.6 Å². The van der Waals surface area contributed by atoms with Gasteiger partial charge in [-0.05, 0) is 29.8 Å². The van der Waals surface area contributed by atoms with E-state index in [0.29, 0.717) is 31.2 Å². The third-order valence-electron chi connectivity index (χ3n) is 4.46. The number of benzene rings is 1. The lowest BCUT2D eigenvalue weighted by Crippen LogP contribution is -2.49. The first-order valence-corrected chi connectivity index (χ1v) is 8.91. The average Bonchev–Trinajstić information content (AvgIpc) is 2.67. The molecule has 1 aliphatic heterocycles. The van der Waals surface area contributed by atoms with E-state index in [1.165, 1.54) is 0 Å². The highest BCUT2D eigenvalue weighted by molar-refractivity contribution is 6.30. The Morgan fingerprint density at radius 3 is 2.50 bits per heavy atom. The smallest absolute Gasteiger partial charge is 0.352 e. The van der Waals surface area contributed by atoms with E-state index in [0.717, 1.165) is 17.7 Å². The van der Waals surface area contributed by atoms with E-state index in [1.54, 1.807) is 28.0 Å². The summed E-state index contributed by atoms with van der Waals surface area (Å²) in [6.07, 6.45) is -4.39. The Morgan fingerprint density at radius 2 is 1.89 bits per heavy atom. The number of anilines is 1. The second-order valence-corrected chi connectivity index (χ2v) is 6.79.